The molecule has 1 fully saturated rings. The van der Waals surface area contributed by atoms with Crippen LogP contribution in [-0.2, 0) is 11.2 Å². The Hall–Kier alpha value is -2.25. The summed E-state index contributed by atoms with van der Waals surface area (Å²) >= 11 is 3.52. The first kappa shape index (κ1) is 19.1. The zero-order valence-corrected chi connectivity index (χ0v) is 17.5. The summed E-state index contributed by atoms with van der Waals surface area (Å²) in [5.74, 6) is 1.33. The van der Waals surface area contributed by atoms with Crippen LogP contribution in [0.3, 0.4) is 0 Å². The van der Waals surface area contributed by atoms with Gasteiger partial charge in [-0.3, -0.25) is 4.79 Å². The van der Waals surface area contributed by atoms with Crippen LogP contribution in [0.1, 0.15) is 5.56 Å². The number of hydrogen-bond acceptors (Lipinski definition) is 5. The number of anilines is 2. The van der Waals surface area contributed by atoms with E-state index in [2.05, 4.69) is 50.2 Å². The lowest BCUT2D eigenvalue weighted by Crippen LogP contribution is -2.44. The molecule has 0 unspecified atom stereocenters. The minimum atomic E-state index is -0.0651. The second-order valence-electron chi connectivity index (χ2n) is 7.15. The van der Waals surface area contributed by atoms with Crippen molar-refractivity contribution in [1.29, 1.82) is 0 Å². The van der Waals surface area contributed by atoms with Gasteiger partial charge in [0.2, 0.25) is 5.91 Å². The van der Waals surface area contributed by atoms with Crippen LogP contribution in [-0.4, -0.2) is 57.2 Å². The number of carbonyl (C=O) groups excluding carboxylic acids is 1. The number of nitrogens with zero attached hydrogens (tertiary/aromatic N) is 2. The average Bonchev–Trinajstić information content (AvgIpc) is 2.70. The van der Waals surface area contributed by atoms with Crippen LogP contribution >= 0.6 is 15.9 Å². The van der Waals surface area contributed by atoms with Crippen molar-refractivity contribution in [2.24, 2.45) is 0 Å². The molecule has 0 aliphatic carbocycles. The van der Waals surface area contributed by atoms with Crippen molar-refractivity contribution in [1.82, 2.24) is 4.90 Å². The second kappa shape index (κ2) is 8.41. The summed E-state index contributed by atoms with van der Waals surface area (Å²) in [7, 11) is 2.15. The number of ether oxygens (including phenoxy) is 2. The summed E-state index contributed by atoms with van der Waals surface area (Å²) in [6, 6.07) is 11.8. The molecule has 2 aliphatic heterocycles. The Bertz CT molecular complexity index is 849. The molecule has 6 nitrogen and oxygen atoms in total. The highest BCUT2D eigenvalue weighted by molar-refractivity contribution is 9.10. The van der Waals surface area contributed by atoms with Gasteiger partial charge in [-0.25, -0.2) is 0 Å². The zero-order chi connectivity index (χ0) is 19.5. The van der Waals surface area contributed by atoms with Gasteiger partial charge in [0, 0.05) is 42.0 Å². The second-order valence-corrected chi connectivity index (χ2v) is 8.00. The lowest BCUT2D eigenvalue weighted by molar-refractivity contribution is -0.115. The maximum absolute atomic E-state index is 12.5. The third-order valence-electron chi connectivity index (χ3n) is 5.08. The fraction of sp³-hybridized carbons (Fsp3) is 0.381. The van der Waals surface area contributed by atoms with Crippen LogP contribution in [0.4, 0.5) is 11.4 Å². The molecule has 1 N–H and O–H groups in total. The van der Waals surface area contributed by atoms with Crippen molar-refractivity contribution in [2.45, 2.75) is 6.42 Å². The van der Waals surface area contributed by atoms with Crippen LogP contribution in [0.15, 0.2) is 40.9 Å². The third kappa shape index (κ3) is 4.42. The minimum absolute atomic E-state index is 0.0651. The predicted octanol–water partition coefficient (Wildman–Crippen LogP) is 3.15. The SMILES string of the molecule is CN1CCN(c2ccc(NC(=O)Cc3cc4c(cc3Br)OCCO4)cc2)CC1. The molecule has 2 heterocycles. The lowest BCUT2D eigenvalue weighted by atomic mass is 10.1. The van der Waals surface area contributed by atoms with Gasteiger partial charge >= 0.3 is 0 Å². The Balaban J connectivity index is 1.37. The molecule has 0 atom stereocenters. The number of likely N-dealkylation sites (N-methyl/N-ethyl adjacent to an activating group) is 1. The van der Waals surface area contributed by atoms with Gasteiger partial charge in [-0.05, 0) is 49.0 Å². The maximum Gasteiger partial charge on any atom is 0.228 e. The number of nitrogens with one attached hydrogen (secondary N) is 1. The highest BCUT2D eigenvalue weighted by Gasteiger charge is 2.17. The van der Waals surface area contributed by atoms with E-state index in [4.69, 9.17) is 9.47 Å². The minimum Gasteiger partial charge on any atom is -0.486 e. The molecule has 148 valence electrons. The smallest absolute Gasteiger partial charge is 0.228 e. The van der Waals surface area contributed by atoms with E-state index in [1.54, 1.807) is 0 Å². The van der Waals surface area contributed by atoms with E-state index in [0.29, 0.717) is 24.7 Å². The van der Waals surface area contributed by atoms with Crippen LogP contribution in [0.25, 0.3) is 0 Å². The normalized spacial score (nSPS) is 16.7. The number of rotatable bonds is 4. The van der Waals surface area contributed by atoms with E-state index in [1.807, 2.05) is 24.3 Å². The van der Waals surface area contributed by atoms with E-state index < -0.39 is 0 Å². The van der Waals surface area contributed by atoms with Gasteiger partial charge in [0.1, 0.15) is 13.2 Å². The maximum atomic E-state index is 12.5. The van der Waals surface area contributed by atoms with Gasteiger partial charge in [-0.15, -0.1) is 0 Å². The van der Waals surface area contributed by atoms with Crippen LogP contribution in [0.5, 0.6) is 11.5 Å². The molecule has 0 spiro atoms. The molecule has 1 saturated heterocycles. The predicted molar refractivity (Wildman–Crippen MR) is 114 cm³/mol. The number of benzene rings is 2. The van der Waals surface area contributed by atoms with E-state index in [9.17, 15) is 4.79 Å². The highest BCUT2D eigenvalue weighted by Crippen LogP contribution is 2.35. The summed E-state index contributed by atoms with van der Waals surface area (Å²) in [5.41, 5.74) is 2.87. The summed E-state index contributed by atoms with van der Waals surface area (Å²) in [6.45, 7) is 5.27. The van der Waals surface area contributed by atoms with Gasteiger partial charge < -0.3 is 24.6 Å². The Kier molecular flexibility index (Phi) is 5.73. The molecule has 0 bridgehead atoms. The molecular weight excluding hydrogens is 422 g/mol. The van der Waals surface area contributed by atoms with Crippen molar-refractivity contribution >= 4 is 33.2 Å². The molecule has 2 aliphatic rings. The topological polar surface area (TPSA) is 54.0 Å². The molecule has 2 aromatic rings. The quantitative estimate of drug-likeness (QED) is 0.782. The number of piperazine rings is 1. The zero-order valence-electron chi connectivity index (χ0n) is 15.9. The fourth-order valence-electron chi connectivity index (χ4n) is 3.44. The summed E-state index contributed by atoms with van der Waals surface area (Å²) in [4.78, 5) is 17.2. The van der Waals surface area contributed by atoms with Crippen molar-refractivity contribution in [3.8, 4) is 11.5 Å². The van der Waals surface area contributed by atoms with Crippen molar-refractivity contribution < 1.29 is 14.3 Å². The molecule has 28 heavy (non-hydrogen) atoms. The number of fused-ring (bicyclic) bond motifs is 1. The molecule has 2 aromatic carbocycles. The Labute approximate surface area is 173 Å². The first-order valence-electron chi connectivity index (χ1n) is 9.50. The number of hydrogen-bond donors (Lipinski definition) is 1. The summed E-state index contributed by atoms with van der Waals surface area (Å²) < 4.78 is 12.0. The first-order chi connectivity index (χ1) is 13.6. The number of carbonyl (C=O) groups is 1. The average molecular weight is 446 g/mol. The number of amides is 1. The molecule has 7 heteroatoms. The van der Waals surface area contributed by atoms with E-state index in [-0.39, 0.29) is 12.3 Å². The van der Waals surface area contributed by atoms with Gasteiger partial charge in [0.15, 0.2) is 11.5 Å². The van der Waals surface area contributed by atoms with Crippen molar-refractivity contribution in [2.75, 3.05) is 56.7 Å². The van der Waals surface area contributed by atoms with E-state index >= 15 is 0 Å². The molecule has 0 radical (unpaired) electrons. The molecule has 4 rings (SSSR count). The lowest BCUT2D eigenvalue weighted by Gasteiger charge is -2.34. The van der Waals surface area contributed by atoms with E-state index in [1.165, 1.54) is 5.69 Å². The van der Waals surface area contributed by atoms with Gasteiger partial charge in [-0.2, -0.15) is 0 Å². The summed E-state index contributed by atoms with van der Waals surface area (Å²) in [6.07, 6.45) is 0.261. The van der Waals surface area contributed by atoms with Crippen molar-refractivity contribution in [3.05, 3.63) is 46.4 Å². The molecule has 0 aromatic heterocycles. The highest BCUT2D eigenvalue weighted by atomic mass is 79.9. The van der Waals surface area contributed by atoms with Gasteiger partial charge in [0.05, 0.1) is 6.42 Å². The van der Waals surface area contributed by atoms with Gasteiger partial charge in [-0.1, -0.05) is 15.9 Å². The number of halogens is 1. The molecule has 1 amide bonds. The molecular formula is C21H24BrN3O3. The monoisotopic (exact) mass is 445 g/mol. The Morgan fingerprint density at radius 3 is 2.36 bits per heavy atom. The van der Waals surface area contributed by atoms with E-state index in [0.717, 1.165) is 41.9 Å². The molecule has 0 saturated carbocycles. The first-order valence-corrected chi connectivity index (χ1v) is 10.3. The van der Waals surface area contributed by atoms with Gasteiger partial charge in [0.25, 0.3) is 0 Å². The van der Waals surface area contributed by atoms with Crippen molar-refractivity contribution in [3.63, 3.8) is 0 Å². The largest absolute Gasteiger partial charge is 0.486 e. The standard InChI is InChI=1S/C21H24BrN3O3/c1-24-6-8-25(9-7-24)17-4-2-16(3-5-17)23-21(26)13-15-12-19-20(14-18(15)22)28-11-10-27-19/h2-5,12,14H,6-11,13H2,1H3,(H,23,26). The Morgan fingerprint density at radius 1 is 1.04 bits per heavy atom. The third-order valence-corrected chi connectivity index (χ3v) is 5.82. The van der Waals surface area contributed by atoms with Crippen LogP contribution < -0.4 is 19.7 Å². The summed E-state index contributed by atoms with van der Waals surface area (Å²) in [5, 5.41) is 2.98. The Morgan fingerprint density at radius 2 is 1.68 bits per heavy atom. The van der Waals surface area contributed by atoms with Crippen LogP contribution in [0.2, 0.25) is 0 Å². The fourth-order valence-corrected chi connectivity index (χ4v) is 3.90. The van der Waals surface area contributed by atoms with Crippen LogP contribution in [0, 0.1) is 0 Å².